The fraction of sp³-hybridized carbons (Fsp3) is 0.769. The molecule has 2 rings (SSSR count). The second-order valence-electron chi connectivity index (χ2n) is 5.49. The van der Waals surface area contributed by atoms with Gasteiger partial charge in [0.1, 0.15) is 5.01 Å². The number of aryl methyl sites for hydroxylation is 1. The van der Waals surface area contributed by atoms with E-state index in [0.717, 1.165) is 21.5 Å². The lowest BCUT2D eigenvalue weighted by Crippen LogP contribution is -2.48. The summed E-state index contributed by atoms with van der Waals surface area (Å²) in [5.41, 5.74) is 0. The summed E-state index contributed by atoms with van der Waals surface area (Å²) in [5.74, 6) is 0.893. The number of hydrogen-bond acceptors (Lipinski definition) is 8. The number of carbonyl (C=O) groups excluding carboxylic acids is 1. The summed E-state index contributed by atoms with van der Waals surface area (Å²) in [6, 6.07) is -0.663. The van der Waals surface area contributed by atoms with Gasteiger partial charge in [0.25, 0.3) is 0 Å². The molecule has 8 nitrogen and oxygen atoms in total. The molecule has 1 aromatic heterocycles. The molecule has 1 aliphatic rings. The van der Waals surface area contributed by atoms with Crippen LogP contribution in [0.5, 0.6) is 0 Å². The molecule has 0 radical (unpaired) electrons. The molecule has 136 valence electrons. The van der Waals surface area contributed by atoms with Crippen LogP contribution >= 0.6 is 23.1 Å². The van der Waals surface area contributed by atoms with E-state index in [9.17, 15) is 13.2 Å². The number of urea groups is 1. The lowest BCUT2D eigenvalue weighted by molar-refractivity contribution is 0.158. The van der Waals surface area contributed by atoms with Crippen molar-refractivity contribution in [1.29, 1.82) is 0 Å². The highest BCUT2D eigenvalue weighted by atomic mass is 32.2. The normalized spacial score (nSPS) is 19.3. The molecule has 0 unspecified atom stereocenters. The largest absolute Gasteiger partial charge is 0.395 e. The SMILES string of the molecule is Cc1nnc(SCCCNC(=O)N(CCO)[C@H]2CCS(=O)(=O)C2)s1. The van der Waals surface area contributed by atoms with E-state index in [1.807, 2.05) is 6.92 Å². The first kappa shape index (κ1) is 19.4. The van der Waals surface area contributed by atoms with Crippen LogP contribution in [0.3, 0.4) is 0 Å². The summed E-state index contributed by atoms with van der Waals surface area (Å²) in [6.07, 6.45) is 1.20. The third-order valence-electron chi connectivity index (χ3n) is 3.58. The minimum atomic E-state index is -3.07. The molecule has 1 atom stereocenters. The fourth-order valence-electron chi connectivity index (χ4n) is 2.44. The number of thioether (sulfide) groups is 1. The molecule has 24 heavy (non-hydrogen) atoms. The smallest absolute Gasteiger partial charge is 0.317 e. The van der Waals surface area contributed by atoms with Gasteiger partial charge in [0.05, 0.1) is 18.1 Å². The maximum atomic E-state index is 12.2. The van der Waals surface area contributed by atoms with E-state index < -0.39 is 9.84 Å². The second-order valence-corrected chi connectivity index (χ2v) is 10.2. The lowest BCUT2D eigenvalue weighted by Gasteiger charge is -2.27. The Morgan fingerprint density at radius 2 is 2.29 bits per heavy atom. The van der Waals surface area contributed by atoms with E-state index in [1.54, 1.807) is 23.1 Å². The number of hydrogen-bond donors (Lipinski definition) is 2. The number of aliphatic hydroxyl groups excluding tert-OH is 1. The zero-order valence-electron chi connectivity index (χ0n) is 13.5. The van der Waals surface area contributed by atoms with Gasteiger partial charge in [-0.3, -0.25) is 0 Å². The molecule has 1 fully saturated rings. The van der Waals surface area contributed by atoms with Crippen molar-refractivity contribution in [2.75, 3.05) is 37.0 Å². The highest BCUT2D eigenvalue weighted by molar-refractivity contribution is 8.01. The van der Waals surface area contributed by atoms with Gasteiger partial charge in [0.2, 0.25) is 0 Å². The van der Waals surface area contributed by atoms with Crippen LogP contribution in [0.2, 0.25) is 0 Å². The summed E-state index contributed by atoms with van der Waals surface area (Å²) < 4.78 is 24.1. The van der Waals surface area contributed by atoms with Gasteiger partial charge in [0, 0.05) is 24.9 Å². The van der Waals surface area contributed by atoms with Crippen molar-refractivity contribution in [3.8, 4) is 0 Å². The predicted molar refractivity (Wildman–Crippen MR) is 94.2 cm³/mol. The van der Waals surface area contributed by atoms with E-state index in [1.165, 1.54) is 4.90 Å². The van der Waals surface area contributed by atoms with E-state index in [2.05, 4.69) is 15.5 Å². The Hall–Kier alpha value is -0.910. The third kappa shape index (κ3) is 5.87. The maximum Gasteiger partial charge on any atom is 0.317 e. The Morgan fingerprint density at radius 1 is 1.50 bits per heavy atom. The molecule has 0 bridgehead atoms. The summed E-state index contributed by atoms with van der Waals surface area (Å²) >= 11 is 3.14. The monoisotopic (exact) mass is 394 g/mol. The van der Waals surface area contributed by atoms with Crippen LogP contribution in [0.1, 0.15) is 17.8 Å². The first-order valence-electron chi connectivity index (χ1n) is 7.70. The molecule has 0 aliphatic carbocycles. The van der Waals surface area contributed by atoms with Crippen LogP contribution in [0.4, 0.5) is 4.79 Å². The van der Waals surface area contributed by atoms with Crippen molar-refractivity contribution in [1.82, 2.24) is 20.4 Å². The maximum absolute atomic E-state index is 12.2. The van der Waals surface area contributed by atoms with Gasteiger partial charge in [-0.05, 0) is 19.8 Å². The van der Waals surface area contributed by atoms with E-state index in [0.29, 0.717) is 13.0 Å². The molecular formula is C13H22N4O4S3. The minimum absolute atomic E-state index is 0.0212. The minimum Gasteiger partial charge on any atom is -0.395 e. The van der Waals surface area contributed by atoms with Crippen LogP contribution in [0, 0.1) is 6.92 Å². The van der Waals surface area contributed by atoms with E-state index in [-0.39, 0.29) is 36.7 Å². The van der Waals surface area contributed by atoms with Crippen molar-refractivity contribution in [2.24, 2.45) is 0 Å². The van der Waals surface area contributed by atoms with Crippen LogP contribution in [0.25, 0.3) is 0 Å². The second kappa shape index (κ2) is 8.97. The first-order valence-corrected chi connectivity index (χ1v) is 11.3. The van der Waals surface area contributed by atoms with Crippen LogP contribution in [0.15, 0.2) is 4.34 Å². The average Bonchev–Trinajstić information content (AvgIpc) is 3.09. The van der Waals surface area contributed by atoms with Crippen LogP contribution in [-0.4, -0.2) is 77.6 Å². The number of rotatable bonds is 8. The number of nitrogens with zero attached hydrogens (tertiary/aromatic N) is 3. The predicted octanol–water partition coefficient (Wildman–Crippen LogP) is 0.520. The van der Waals surface area contributed by atoms with Crippen LogP contribution in [-0.2, 0) is 9.84 Å². The highest BCUT2D eigenvalue weighted by Crippen LogP contribution is 2.22. The Labute approximate surface area is 150 Å². The molecule has 1 aromatic rings. The molecule has 0 saturated carbocycles. The van der Waals surface area contributed by atoms with Gasteiger partial charge < -0.3 is 15.3 Å². The van der Waals surface area contributed by atoms with E-state index in [4.69, 9.17) is 5.11 Å². The van der Waals surface area contributed by atoms with Gasteiger partial charge in [-0.15, -0.1) is 10.2 Å². The van der Waals surface area contributed by atoms with Gasteiger partial charge in [0.15, 0.2) is 14.2 Å². The van der Waals surface area contributed by atoms with Crippen molar-refractivity contribution >= 4 is 39.0 Å². The number of aliphatic hydroxyl groups is 1. The van der Waals surface area contributed by atoms with Crippen molar-refractivity contribution in [2.45, 2.75) is 30.1 Å². The first-order chi connectivity index (χ1) is 11.4. The molecule has 11 heteroatoms. The highest BCUT2D eigenvalue weighted by Gasteiger charge is 2.34. The fourth-order valence-corrected chi connectivity index (χ4v) is 6.00. The Kier molecular flexibility index (Phi) is 7.26. The molecule has 0 spiro atoms. The number of carbonyl (C=O) groups is 1. The molecule has 2 amide bonds. The van der Waals surface area contributed by atoms with Gasteiger partial charge in [-0.25, -0.2) is 13.2 Å². The van der Waals surface area contributed by atoms with Gasteiger partial charge in [-0.1, -0.05) is 23.1 Å². The summed E-state index contributed by atoms with van der Waals surface area (Å²) in [4.78, 5) is 13.7. The average molecular weight is 395 g/mol. The Morgan fingerprint density at radius 3 is 2.88 bits per heavy atom. The Bertz CT molecular complexity index is 649. The summed E-state index contributed by atoms with van der Waals surface area (Å²) in [6.45, 7) is 2.35. The standard InChI is InChI=1S/C13H22N4O4S3/c1-10-15-16-13(23-10)22-7-2-4-14-12(19)17(5-6-18)11-3-8-24(20,21)9-11/h11,18H,2-9H2,1H3,(H,14,19)/t11-/m0/s1. The summed E-state index contributed by atoms with van der Waals surface area (Å²) in [7, 11) is -3.07. The van der Waals surface area contributed by atoms with Gasteiger partial charge >= 0.3 is 6.03 Å². The van der Waals surface area contributed by atoms with Crippen molar-refractivity contribution in [3.05, 3.63) is 5.01 Å². The molecule has 1 aliphatic heterocycles. The molecule has 2 N–H and O–H groups in total. The third-order valence-corrected chi connectivity index (χ3v) is 7.39. The summed E-state index contributed by atoms with van der Waals surface area (Å²) in [5, 5.41) is 20.8. The van der Waals surface area contributed by atoms with Gasteiger partial charge in [-0.2, -0.15) is 0 Å². The topological polar surface area (TPSA) is 112 Å². The quantitative estimate of drug-likeness (QED) is 0.488. The van der Waals surface area contributed by atoms with E-state index >= 15 is 0 Å². The molecule has 0 aromatic carbocycles. The number of aromatic nitrogens is 2. The number of sulfone groups is 1. The van der Waals surface area contributed by atoms with Crippen LogP contribution < -0.4 is 5.32 Å². The Balaban J connectivity index is 1.72. The number of amides is 2. The molecule has 1 saturated heterocycles. The zero-order valence-corrected chi connectivity index (χ0v) is 15.9. The zero-order chi connectivity index (χ0) is 17.6. The molecular weight excluding hydrogens is 372 g/mol. The van der Waals surface area contributed by atoms with Crippen molar-refractivity contribution < 1.29 is 18.3 Å². The lowest BCUT2D eigenvalue weighted by atomic mass is 10.2. The number of nitrogens with one attached hydrogen (secondary N) is 1. The molecule has 2 heterocycles. The van der Waals surface area contributed by atoms with Crippen molar-refractivity contribution in [3.63, 3.8) is 0 Å².